The molecule has 2 aromatic carbocycles. The molecule has 0 heterocycles. The third-order valence-electron chi connectivity index (χ3n) is 2.34. The molecule has 0 aliphatic rings. The van der Waals surface area contributed by atoms with Crippen LogP contribution in [-0.2, 0) is 4.79 Å². The van der Waals surface area contributed by atoms with E-state index < -0.39 is 34.4 Å². The number of aromatic hydroxyl groups is 1. The van der Waals surface area contributed by atoms with Gasteiger partial charge < -0.3 is 26.5 Å². The SMILES string of the molecule is O.O=c1c([O-])c(O)c1=O.[NH3+][C@@H](C(=O)O)c1ccccc1. The minimum atomic E-state index is -1.12. The van der Waals surface area contributed by atoms with E-state index in [0.717, 1.165) is 5.56 Å². The van der Waals surface area contributed by atoms with Gasteiger partial charge in [-0.05, 0) is 5.75 Å². The zero-order chi connectivity index (χ0) is 14.6. The molecule has 108 valence electrons. The summed E-state index contributed by atoms with van der Waals surface area (Å²) in [5.41, 5.74) is 2.05. The van der Waals surface area contributed by atoms with Crippen LogP contribution in [0.15, 0.2) is 39.9 Å². The molecule has 0 aromatic heterocycles. The predicted octanol–water partition coefficient (Wildman–Crippen LogP) is -2.71. The summed E-state index contributed by atoms with van der Waals surface area (Å²) in [5, 5.41) is 26.6. The van der Waals surface area contributed by atoms with Gasteiger partial charge in [0.25, 0.3) is 5.43 Å². The number of carbonyl (C=O) groups is 1. The monoisotopic (exact) mass is 283 g/mol. The molecular formula is C12H13NO7. The Hall–Kier alpha value is -2.71. The fourth-order valence-electron chi connectivity index (χ4n) is 1.19. The summed E-state index contributed by atoms with van der Waals surface area (Å²) < 4.78 is 0. The van der Waals surface area contributed by atoms with E-state index in [2.05, 4.69) is 5.73 Å². The average molecular weight is 283 g/mol. The van der Waals surface area contributed by atoms with Gasteiger partial charge in [-0.15, -0.1) is 0 Å². The molecule has 0 aliphatic heterocycles. The largest absolute Gasteiger partial charge is 0.867 e. The van der Waals surface area contributed by atoms with Crippen LogP contribution in [0, 0.1) is 0 Å². The Morgan fingerprint density at radius 3 is 1.95 bits per heavy atom. The van der Waals surface area contributed by atoms with Gasteiger partial charge in [-0.25, -0.2) is 4.79 Å². The number of carboxylic acids is 1. The molecule has 0 fully saturated rings. The fourth-order valence-corrected chi connectivity index (χ4v) is 1.19. The van der Waals surface area contributed by atoms with E-state index in [-0.39, 0.29) is 5.48 Å². The number of benzene rings is 1. The summed E-state index contributed by atoms with van der Waals surface area (Å²) in [6, 6.07) is 8.30. The number of quaternary nitrogens is 1. The van der Waals surface area contributed by atoms with Crippen LogP contribution in [0.3, 0.4) is 0 Å². The lowest BCUT2D eigenvalue weighted by Gasteiger charge is -2.05. The Kier molecular flexibility index (Phi) is 6.07. The average Bonchev–Trinajstić information content (AvgIpc) is 2.45. The first kappa shape index (κ1) is 17.3. The molecule has 0 unspecified atom stereocenters. The molecule has 8 nitrogen and oxygen atoms in total. The van der Waals surface area contributed by atoms with Crippen LogP contribution in [0.2, 0.25) is 0 Å². The van der Waals surface area contributed by atoms with E-state index in [1.807, 2.05) is 6.07 Å². The highest BCUT2D eigenvalue weighted by atomic mass is 16.4. The molecular weight excluding hydrogens is 270 g/mol. The minimum Gasteiger partial charge on any atom is -0.867 e. The lowest BCUT2D eigenvalue weighted by Crippen LogP contribution is -2.57. The maximum absolute atomic E-state index is 10.4. The lowest BCUT2D eigenvalue weighted by atomic mass is 10.1. The Morgan fingerprint density at radius 1 is 1.15 bits per heavy atom. The maximum Gasteiger partial charge on any atom is 0.367 e. The molecule has 0 amide bonds. The molecule has 7 N–H and O–H groups in total. The topological polar surface area (TPSA) is 174 Å². The molecule has 20 heavy (non-hydrogen) atoms. The van der Waals surface area contributed by atoms with E-state index in [0.29, 0.717) is 0 Å². The second kappa shape index (κ2) is 7.02. The molecule has 0 saturated carbocycles. The molecule has 0 aliphatic carbocycles. The number of rotatable bonds is 2. The molecule has 0 saturated heterocycles. The zero-order valence-corrected chi connectivity index (χ0v) is 10.2. The highest BCUT2D eigenvalue weighted by molar-refractivity contribution is 5.73. The van der Waals surface area contributed by atoms with Crippen LogP contribution in [0.25, 0.3) is 0 Å². The van der Waals surface area contributed by atoms with Gasteiger partial charge >= 0.3 is 5.97 Å². The summed E-state index contributed by atoms with van der Waals surface area (Å²) in [7, 11) is 0. The summed E-state index contributed by atoms with van der Waals surface area (Å²) in [6.45, 7) is 0. The molecule has 0 spiro atoms. The summed E-state index contributed by atoms with van der Waals surface area (Å²) in [4.78, 5) is 30.2. The van der Waals surface area contributed by atoms with E-state index in [1.165, 1.54) is 0 Å². The van der Waals surface area contributed by atoms with Crippen molar-refractivity contribution in [3.63, 3.8) is 0 Å². The van der Waals surface area contributed by atoms with Crippen LogP contribution in [-0.4, -0.2) is 21.7 Å². The van der Waals surface area contributed by atoms with Crippen LogP contribution in [0.4, 0.5) is 0 Å². The van der Waals surface area contributed by atoms with E-state index in [1.54, 1.807) is 24.3 Å². The number of carboxylic acid groups (broad SMARTS) is 1. The Bertz CT molecular complexity index is 614. The van der Waals surface area contributed by atoms with Crippen molar-refractivity contribution in [1.29, 1.82) is 0 Å². The standard InChI is InChI=1S/C8H9NO2.C4H2O4.H2O/c9-7(8(10)11)6-4-2-1-3-5-6;5-1-2(6)4(8)3(1)7;/h1-5,7H,9H2,(H,10,11);5-6H;1H2/t7-;;/m1../s1. The van der Waals surface area contributed by atoms with Gasteiger partial charge in [-0.2, -0.15) is 0 Å². The summed E-state index contributed by atoms with van der Waals surface area (Å²) in [5.74, 6) is -2.90. The molecule has 0 radical (unpaired) electrons. The van der Waals surface area contributed by atoms with E-state index in [4.69, 9.17) is 10.2 Å². The third-order valence-corrected chi connectivity index (χ3v) is 2.34. The van der Waals surface area contributed by atoms with Crippen molar-refractivity contribution >= 4 is 5.97 Å². The van der Waals surface area contributed by atoms with Gasteiger partial charge in [0.1, 0.15) is 0 Å². The van der Waals surface area contributed by atoms with E-state index in [9.17, 15) is 19.5 Å². The smallest absolute Gasteiger partial charge is 0.367 e. The van der Waals surface area contributed by atoms with Gasteiger partial charge in [-0.3, -0.25) is 9.59 Å². The first-order valence-corrected chi connectivity index (χ1v) is 5.16. The van der Waals surface area contributed by atoms with Crippen molar-refractivity contribution in [2.75, 3.05) is 0 Å². The number of hydrogen-bond donors (Lipinski definition) is 3. The fraction of sp³-hybridized carbons (Fsp3) is 0.0833. The van der Waals surface area contributed by atoms with Gasteiger partial charge in [-0.1, -0.05) is 30.3 Å². The van der Waals surface area contributed by atoms with E-state index >= 15 is 0 Å². The lowest BCUT2D eigenvalue weighted by molar-refractivity contribution is -0.413. The molecule has 0 bridgehead atoms. The number of hydrogen-bond acceptors (Lipinski definition) is 5. The van der Waals surface area contributed by atoms with Crippen LogP contribution < -0.4 is 21.7 Å². The van der Waals surface area contributed by atoms with Gasteiger partial charge in [0.05, 0.1) is 0 Å². The van der Waals surface area contributed by atoms with Gasteiger partial charge in [0, 0.05) is 5.56 Å². The maximum atomic E-state index is 10.4. The molecule has 2 aromatic rings. The van der Waals surface area contributed by atoms with Gasteiger partial charge in [0.15, 0.2) is 5.75 Å². The molecule has 2 rings (SSSR count). The number of aliphatic carboxylic acids is 1. The first-order chi connectivity index (χ1) is 8.86. The van der Waals surface area contributed by atoms with Crippen molar-refractivity contribution in [2.24, 2.45) is 0 Å². The Balaban J connectivity index is 0.000000359. The zero-order valence-electron chi connectivity index (χ0n) is 10.2. The van der Waals surface area contributed by atoms with Crippen LogP contribution >= 0.6 is 0 Å². The van der Waals surface area contributed by atoms with Crippen molar-refractivity contribution in [2.45, 2.75) is 6.04 Å². The minimum absolute atomic E-state index is 0. The van der Waals surface area contributed by atoms with Gasteiger partial charge in [0.2, 0.25) is 11.5 Å². The van der Waals surface area contributed by atoms with Crippen molar-refractivity contribution in [1.82, 2.24) is 0 Å². The second-order valence-corrected chi connectivity index (χ2v) is 3.64. The Morgan fingerprint density at radius 2 is 1.65 bits per heavy atom. The quantitative estimate of drug-likeness (QED) is 0.505. The molecule has 1 atom stereocenters. The van der Waals surface area contributed by atoms with Crippen molar-refractivity contribution < 1.29 is 31.3 Å². The highest BCUT2D eigenvalue weighted by Gasteiger charge is 2.16. The second-order valence-electron chi connectivity index (χ2n) is 3.64. The Labute approximate surface area is 112 Å². The summed E-state index contributed by atoms with van der Waals surface area (Å²) >= 11 is 0. The molecule has 8 heteroatoms. The highest BCUT2D eigenvalue weighted by Crippen LogP contribution is 2.09. The third kappa shape index (κ3) is 3.64. The van der Waals surface area contributed by atoms with Crippen LogP contribution in [0.1, 0.15) is 11.6 Å². The van der Waals surface area contributed by atoms with Crippen molar-refractivity contribution in [3.8, 4) is 11.5 Å². The normalized spacial score (nSPS) is 10.8. The first-order valence-electron chi connectivity index (χ1n) is 5.16. The van der Waals surface area contributed by atoms with Crippen LogP contribution in [0.5, 0.6) is 11.5 Å². The van der Waals surface area contributed by atoms with Crippen molar-refractivity contribution in [3.05, 3.63) is 56.3 Å². The summed E-state index contributed by atoms with van der Waals surface area (Å²) in [6.07, 6.45) is 0. The predicted molar refractivity (Wildman–Crippen MR) is 65.8 cm³/mol.